The summed E-state index contributed by atoms with van der Waals surface area (Å²) in [7, 11) is 1.91. The summed E-state index contributed by atoms with van der Waals surface area (Å²) in [5.41, 5.74) is 6.13. The van der Waals surface area contributed by atoms with Crippen molar-refractivity contribution >= 4 is 11.6 Å². The average Bonchev–Trinajstić information content (AvgIpc) is 2.98. The molecule has 3 rings (SSSR count). The molecular weight excluding hydrogens is 250 g/mol. The monoisotopic (exact) mass is 269 g/mol. The molecule has 1 N–H and O–H groups in total. The van der Waals surface area contributed by atoms with Crippen LogP contribution in [0.4, 0.5) is 5.69 Å². The number of aromatic nitrogens is 2. The smallest absolute Gasteiger partial charge is 0.276 e. The number of benzene rings is 1. The lowest BCUT2D eigenvalue weighted by atomic mass is 10.1. The van der Waals surface area contributed by atoms with Gasteiger partial charge in [0.1, 0.15) is 0 Å². The van der Waals surface area contributed by atoms with Gasteiger partial charge in [0.05, 0.1) is 0 Å². The van der Waals surface area contributed by atoms with Crippen LogP contribution in [0.3, 0.4) is 0 Å². The molecule has 1 amide bonds. The molecule has 0 spiro atoms. The first-order valence-electron chi connectivity index (χ1n) is 6.99. The fraction of sp³-hybridized carbons (Fsp3) is 0.375. The number of rotatable bonds is 2. The van der Waals surface area contributed by atoms with Gasteiger partial charge in [0.2, 0.25) is 0 Å². The molecular formula is C16H19N3O. The highest BCUT2D eigenvalue weighted by atomic mass is 16.2. The molecule has 0 fully saturated rings. The molecule has 1 heterocycles. The maximum Gasteiger partial charge on any atom is 0.276 e. The van der Waals surface area contributed by atoms with Crippen LogP contribution in [0.1, 0.15) is 39.3 Å². The van der Waals surface area contributed by atoms with Crippen LogP contribution < -0.4 is 5.32 Å². The van der Waals surface area contributed by atoms with Crippen LogP contribution in [0.5, 0.6) is 0 Å². The Morgan fingerprint density at radius 3 is 2.80 bits per heavy atom. The number of amides is 1. The van der Waals surface area contributed by atoms with Crippen molar-refractivity contribution in [1.29, 1.82) is 0 Å². The van der Waals surface area contributed by atoms with Crippen molar-refractivity contribution in [3.63, 3.8) is 0 Å². The molecule has 104 valence electrons. The molecule has 0 radical (unpaired) electrons. The van der Waals surface area contributed by atoms with E-state index < -0.39 is 0 Å². The summed E-state index contributed by atoms with van der Waals surface area (Å²) in [6.07, 6.45) is 3.10. The number of nitrogens with zero attached hydrogens (tertiary/aromatic N) is 2. The third-order valence-electron chi connectivity index (χ3n) is 4.10. The van der Waals surface area contributed by atoms with E-state index in [9.17, 15) is 4.79 Å². The van der Waals surface area contributed by atoms with E-state index in [1.807, 2.05) is 36.9 Å². The quantitative estimate of drug-likeness (QED) is 0.911. The topological polar surface area (TPSA) is 46.9 Å². The Morgan fingerprint density at radius 1 is 1.25 bits per heavy atom. The third kappa shape index (κ3) is 2.11. The normalized spacial score (nSPS) is 13.3. The van der Waals surface area contributed by atoms with Crippen molar-refractivity contribution < 1.29 is 4.79 Å². The van der Waals surface area contributed by atoms with Gasteiger partial charge in [0, 0.05) is 24.0 Å². The summed E-state index contributed by atoms with van der Waals surface area (Å²) >= 11 is 0. The van der Waals surface area contributed by atoms with Crippen LogP contribution in [0.25, 0.3) is 0 Å². The molecule has 0 aliphatic heterocycles. The first-order valence-corrected chi connectivity index (χ1v) is 6.99. The molecule has 2 aromatic rings. The highest BCUT2D eigenvalue weighted by Crippen LogP contribution is 2.25. The maximum absolute atomic E-state index is 12.4. The van der Waals surface area contributed by atoms with Crippen LogP contribution in [0, 0.1) is 13.8 Å². The van der Waals surface area contributed by atoms with Gasteiger partial charge in [-0.3, -0.25) is 9.48 Å². The molecule has 1 aliphatic rings. The second kappa shape index (κ2) is 4.78. The number of fused-ring (bicyclic) bond motifs is 1. The summed E-state index contributed by atoms with van der Waals surface area (Å²) in [5, 5.41) is 7.33. The van der Waals surface area contributed by atoms with Gasteiger partial charge >= 0.3 is 0 Å². The molecule has 1 aromatic carbocycles. The van der Waals surface area contributed by atoms with Crippen LogP contribution in [0.15, 0.2) is 18.2 Å². The van der Waals surface area contributed by atoms with Crippen LogP contribution in [-0.2, 0) is 19.9 Å². The summed E-state index contributed by atoms with van der Waals surface area (Å²) in [5.74, 6) is -0.105. The average molecular weight is 269 g/mol. The predicted molar refractivity (Wildman–Crippen MR) is 79.1 cm³/mol. The van der Waals surface area contributed by atoms with E-state index in [2.05, 4.69) is 17.3 Å². The molecule has 20 heavy (non-hydrogen) atoms. The number of carbonyl (C=O) groups is 1. The molecule has 0 atom stereocenters. The second-order valence-corrected chi connectivity index (χ2v) is 5.50. The van der Waals surface area contributed by atoms with Gasteiger partial charge in [-0.15, -0.1) is 0 Å². The fourth-order valence-electron chi connectivity index (χ4n) is 2.80. The van der Waals surface area contributed by atoms with E-state index in [0.717, 1.165) is 30.5 Å². The van der Waals surface area contributed by atoms with Crippen molar-refractivity contribution in [2.75, 3.05) is 5.32 Å². The predicted octanol–water partition coefficient (Wildman–Crippen LogP) is 2.78. The zero-order valence-electron chi connectivity index (χ0n) is 12.2. The van der Waals surface area contributed by atoms with Crippen molar-refractivity contribution in [3.05, 3.63) is 46.3 Å². The maximum atomic E-state index is 12.4. The Morgan fingerprint density at radius 2 is 2.05 bits per heavy atom. The lowest BCUT2D eigenvalue weighted by molar-refractivity contribution is 0.102. The van der Waals surface area contributed by atoms with Gasteiger partial charge in [-0.05, 0) is 56.4 Å². The fourth-order valence-corrected chi connectivity index (χ4v) is 2.80. The molecule has 1 aliphatic carbocycles. The number of hydrogen-bond acceptors (Lipinski definition) is 2. The Hall–Kier alpha value is -2.10. The van der Waals surface area contributed by atoms with E-state index in [-0.39, 0.29) is 5.91 Å². The van der Waals surface area contributed by atoms with E-state index in [1.54, 1.807) is 0 Å². The molecule has 0 saturated carbocycles. The van der Waals surface area contributed by atoms with E-state index in [0.29, 0.717) is 5.69 Å². The van der Waals surface area contributed by atoms with Crippen LogP contribution in [0.2, 0.25) is 0 Å². The summed E-state index contributed by atoms with van der Waals surface area (Å²) < 4.78 is 1.84. The van der Waals surface area contributed by atoms with Gasteiger partial charge in [-0.25, -0.2) is 0 Å². The third-order valence-corrected chi connectivity index (χ3v) is 4.10. The number of aryl methyl sites for hydroxylation is 3. The Kier molecular flexibility index (Phi) is 3.08. The van der Waals surface area contributed by atoms with E-state index in [1.165, 1.54) is 16.8 Å². The van der Waals surface area contributed by atoms with Crippen molar-refractivity contribution in [3.8, 4) is 0 Å². The van der Waals surface area contributed by atoms with Gasteiger partial charge < -0.3 is 5.32 Å². The van der Waals surface area contributed by atoms with Crippen LogP contribution in [-0.4, -0.2) is 15.7 Å². The Bertz CT molecular complexity index is 685. The molecule has 0 bridgehead atoms. The van der Waals surface area contributed by atoms with Gasteiger partial charge in [-0.1, -0.05) is 6.07 Å². The highest BCUT2D eigenvalue weighted by Gasteiger charge is 2.25. The standard InChI is InChI=1S/C16H19N3O/c1-10-7-8-12(9-11(10)2)17-16(20)15-13-5-4-6-14(13)19(3)18-15/h7-9H,4-6H2,1-3H3,(H,17,20). The van der Waals surface area contributed by atoms with Crippen LogP contribution >= 0.6 is 0 Å². The summed E-state index contributed by atoms with van der Waals surface area (Å²) in [6, 6.07) is 5.95. The lowest BCUT2D eigenvalue weighted by Gasteiger charge is -2.07. The highest BCUT2D eigenvalue weighted by molar-refractivity contribution is 6.04. The van der Waals surface area contributed by atoms with E-state index in [4.69, 9.17) is 0 Å². The second-order valence-electron chi connectivity index (χ2n) is 5.50. The summed E-state index contributed by atoms with van der Waals surface area (Å²) in [6.45, 7) is 4.11. The Labute approximate surface area is 118 Å². The zero-order chi connectivity index (χ0) is 14.3. The van der Waals surface area contributed by atoms with Gasteiger partial charge in [0.25, 0.3) is 5.91 Å². The number of hydrogen-bond donors (Lipinski definition) is 1. The number of nitrogens with one attached hydrogen (secondary N) is 1. The minimum Gasteiger partial charge on any atom is -0.321 e. The van der Waals surface area contributed by atoms with Crippen molar-refractivity contribution in [2.45, 2.75) is 33.1 Å². The zero-order valence-corrected chi connectivity index (χ0v) is 12.2. The molecule has 0 saturated heterocycles. The Balaban J connectivity index is 1.86. The SMILES string of the molecule is Cc1ccc(NC(=O)c2nn(C)c3c2CCC3)cc1C. The minimum absolute atomic E-state index is 0.105. The molecule has 4 heteroatoms. The largest absolute Gasteiger partial charge is 0.321 e. The lowest BCUT2D eigenvalue weighted by Crippen LogP contribution is -2.15. The summed E-state index contributed by atoms with van der Waals surface area (Å²) in [4.78, 5) is 12.4. The van der Waals surface area contributed by atoms with Crippen molar-refractivity contribution in [2.24, 2.45) is 7.05 Å². The van der Waals surface area contributed by atoms with E-state index >= 15 is 0 Å². The molecule has 1 aromatic heterocycles. The number of carbonyl (C=O) groups excluding carboxylic acids is 1. The van der Waals surface area contributed by atoms with Crippen molar-refractivity contribution in [1.82, 2.24) is 9.78 Å². The minimum atomic E-state index is -0.105. The molecule has 4 nitrogen and oxygen atoms in total. The van der Waals surface area contributed by atoms with Gasteiger partial charge in [-0.2, -0.15) is 5.10 Å². The first kappa shape index (κ1) is 12.9. The first-order chi connectivity index (χ1) is 9.56. The van der Waals surface area contributed by atoms with Gasteiger partial charge in [0.15, 0.2) is 5.69 Å². The number of anilines is 1. The molecule has 0 unspecified atom stereocenters.